The van der Waals surface area contributed by atoms with Crippen LogP contribution in [0.15, 0.2) is 28.7 Å². The third-order valence-electron chi connectivity index (χ3n) is 1.25. The van der Waals surface area contributed by atoms with Crippen LogP contribution in [0.1, 0.15) is 17.3 Å². The molecule has 0 aliphatic heterocycles. The van der Waals surface area contributed by atoms with Gasteiger partial charge in [0.05, 0.1) is 0 Å². The molecule has 0 saturated heterocycles. The Bertz CT molecular complexity index is 276. The molecule has 3 heteroatoms. The number of nitrogens with zero attached hydrogens (tertiary/aromatic N) is 1. The van der Waals surface area contributed by atoms with E-state index >= 15 is 0 Å². The predicted molar refractivity (Wildman–Crippen MR) is 50.8 cm³/mol. The summed E-state index contributed by atoms with van der Waals surface area (Å²) in [5.74, 6) is 0.104. The molecule has 0 saturated carbocycles. The predicted octanol–water partition coefficient (Wildman–Crippen LogP) is 2.79. The van der Waals surface area contributed by atoms with E-state index in [2.05, 4.69) is 22.5 Å². The van der Waals surface area contributed by atoms with Gasteiger partial charge in [0.1, 0.15) is 0 Å². The lowest BCUT2D eigenvalue weighted by molar-refractivity contribution is 0.101. The van der Waals surface area contributed by atoms with E-state index in [1.807, 2.05) is 12.1 Å². The average molecular weight is 226 g/mol. The number of rotatable bonds is 1. The minimum atomic E-state index is 0.104. The number of benzene rings is 1. The molecule has 0 aromatic heterocycles. The highest BCUT2D eigenvalue weighted by Crippen LogP contribution is 2.10. The molecule has 0 amide bonds. The lowest BCUT2D eigenvalue weighted by atomic mass is 10.2. The summed E-state index contributed by atoms with van der Waals surface area (Å²) in [6, 6.07) is 7.31. The van der Waals surface area contributed by atoms with E-state index in [0.717, 1.165) is 10.0 Å². The number of nitriles is 1. The first-order chi connectivity index (χ1) is 5.70. The molecule has 0 spiro atoms. The SMILES string of the molecule is C#N.CC(=O)c1ccc(Br)cc1. The van der Waals surface area contributed by atoms with Crippen molar-refractivity contribution in [3.8, 4) is 6.57 Å². The minimum absolute atomic E-state index is 0.104. The molecule has 2 nitrogen and oxygen atoms in total. The van der Waals surface area contributed by atoms with Gasteiger partial charge in [-0.1, -0.05) is 28.1 Å². The zero-order valence-electron chi connectivity index (χ0n) is 6.62. The summed E-state index contributed by atoms with van der Waals surface area (Å²) in [5.41, 5.74) is 0.753. The molecular weight excluding hydrogens is 218 g/mol. The molecule has 12 heavy (non-hydrogen) atoms. The van der Waals surface area contributed by atoms with Crippen LogP contribution in [0.25, 0.3) is 0 Å². The second-order valence-electron chi connectivity index (χ2n) is 2.06. The highest BCUT2D eigenvalue weighted by Gasteiger charge is 1.95. The molecule has 0 radical (unpaired) electrons. The third kappa shape index (κ3) is 3.31. The maximum atomic E-state index is 10.7. The van der Waals surface area contributed by atoms with Gasteiger partial charge in [0.25, 0.3) is 0 Å². The molecule has 0 N–H and O–H groups in total. The molecule has 0 aliphatic carbocycles. The van der Waals surface area contributed by atoms with Crippen molar-refractivity contribution in [1.29, 1.82) is 5.26 Å². The van der Waals surface area contributed by atoms with Crippen LogP contribution in [0.2, 0.25) is 0 Å². The largest absolute Gasteiger partial charge is 0.295 e. The van der Waals surface area contributed by atoms with E-state index in [1.165, 1.54) is 0 Å². The van der Waals surface area contributed by atoms with Crippen molar-refractivity contribution < 1.29 is 4.79 Å². The fraction of sp³-hybridized carbons (Fsp3) is 0.111. The van der Waals surface area contributed by atoms with Gasteiger partial charge >= 0.3 is 0 Å². The molecular formula is C9H8BrNO. The Morgan fingerprint density at radius 2 is 1.75 bits per heavy atom. The van der Waals surface area contributed by atoms with Crippen LogP contribution >= 0.6 is 15.9 Å². The van der Waals surface area contributed by atoms with Crippen LogP contribution in [-0.2, 0) is 0 Å². The normalized spacial score (nSPS) is 8.00. The first kappa shape index (κ1) is 10.9. The van der Waals surface area contributed by atoms with Gasteiger partial charge in [-0.25, -0.2) is 5.26 Å². The molecule has 0 aliphatic rings. The molecule has 0 atom stereocenters. The van der Waals surface area contributed by atoms with Crippen molar-refractivity contribution in [1.82, 2.24) is 0 Å². The molecule has 62 valence electrons. The molecule has 1 aromatic carbocycles. The Hall–Kier alpha value is -1.14. The van der Waals surface area contributed by atoms with Crippen molar-refractivity contribution in [2.75, 3.05) is 0 Å². The van der Waals surface area contributed by atoms with Gasteiger partial charge in [-0.2, -0.15) is 0 Å². The van der Waals surface area contributed by atoms with E-state index < -0.39 is 0 Å². The Balaban J connectivity index is 0.000000561. The summed E-state index contributed by atoms with van der Waals surface area (Å²) >= 11 is 3.28. The molecule has 0 bridgehead atoms. The molecule has 1 aromatic rings. The number of carbonyl (C=O) groups is 1. The van der Waals surface area contributed by atoms with Gasteiger partial charge in [-0.05, 0) is 19.1 Å². The molecule has 1 rings (SSSR count). The molecule has 0 unspecified atom stereocenters. The lowest BCUT2D eigenvalue weighted by Crippen LogP contribution is -1.89. The number of hydrogen-bond donors (Lipinski definition) is 0. The fourth-order valence-electron chi connectivity index (χ4n) is 0.685. The summed E-state index contributed by atoms with van der Waals surface area (Å²) < 4.78 is 0.998. The van der Waals surface area contributed by atoms with Gasteiger partial charge in [0.2, 0.25) is 0 Å². The maximum absolute atomic E-state index is 10.7. The fourth-order valence-corrected chi connectivity index (χ4v) is 0.949. The number of hydrogen-bond acceptors (Lipinski definition) is 2. The quantitative estimate of drug-likeness (QED) is 0.690. The Morgan fingerprint density at radius 3 is 2.08 bits per heavy atom. The van der Waals surface area contributed by atoms with Gasteiger partial charge in [0, 0.05) is 16.6 Å². The minimum Gasteiger partial charge on any atom is -0.295 e. The summed E-state index contributed by atoms with van der Waals surface area (Å²) in [6.07, 6.45) is 0. The summed E-state index contributed by atoms with van der Waals surface area (Å²) in [5, 5.41) is 6.50. The number of ketones is 1. The maximum Gasteiger partial charge on any atom is 0.159 e. The van der Waals surface area contributed by atoms with Crippen LogP contribution in [0.3, 0.4) is 0 Å². The zero-order valence-corrected chi connectivity index (χ0v) is 8.21. The first-order valence-corrected chi connectivity index (χ1v) is 4.02. The van der Waals surface area contributed by atoms with Crippen LogP contribution in [-0.4, -0.2) is 5.78 Å². The summed E-state index contributed by atoms with van der Waals surface area (Å²) in [7, 11) is 0. The van der Waals surface area contributed by atoms with Crippen molar-refractivity contribution in [2.24, 2.45) is 0 Å². The number of carbonyl (C=O) groups excluding carboxylic acids is 1. The topological polar surface area (TPSA) is 40.9 Å². The lowest BCUT2D eigenvalue weighted by Gasteiger charge is -1.92. The Labute approximate surface area is 80.0 Å². The van der Waals surface area contributed by atoms with Crippen molar-refractivity contribution in [2.45, 2.75) is 6.92 Å². The van der Waals surface area contributed by atoms with Crippen molar-refractivity contribution in [3.63, 3.8) is 0 Å². The average Bonchev–Trinajstić information content (AvgIpc) is 2.09. The van der Waals surface area contributed by atoms with E-state index in [0.29, 0.717) is 0 Å². The second-order valence-corrected chi connectivity index (χ2v) is 2.98. The van der Waals surface area contributed by atoms with E-state index in [9.17, 15) is 4.79 Å². The summed E-state index contributed by atoms with van der Waals surface area (Å²) in [4.78, 5) is 10.7. The van der Waals surface area contributed by atoms with Crippen LogP contribution in [0.5, 0.6) is 0 Å². The van der Waals surface area contributed by atoms with E-state index in [1.54, 1.807) is 19.1 Å². The third-order valence-corrected chi connectivity index (χ3v) is 1.78. The van der Waals surface area contributed by atoms with Crippen molar-refractivity contribution >= 4 is 21.7 Å². The number of Topliss-reactive ketones (excluding diaryl/α,β-unsaturated/α-hetero) is 1. The monoisotopic (exact) mass is 225 g/mol. The first-order valence-electron chi connectivity index (χ1n) is 3.22. The van der Waals surface area contributed by atoms with Crippen molar-refractivity contribution in [3.05, 3.63) is 34.3 Å². The number of halogens is 1. The highest BCUT2D eigenvalue weighted by molar-refractivity contribution is 9.10. The molecule has 0 heterocycles. The van der Waals surface area contributed by atoms with Gasteiger partial charge in [-0.3, -0.25) is 4.79 Å². The van der Waals surface area contributed by atoms with Crippen LogP contribution in [0.4, 0.5) is 0 Å². The highest BCUT2D eigenvalue weighted by atomic mass is 79.9. The van der Waals surface area contributed by atoms with Gasteiger partial charge in [0.15, 0.2) is 5.78 Å². The van der Waals surface area contributed by atoms with Crippen LogP contribution in [0, 0.1) is 11.8 Å². The van der Waals surface area contributed by atoms with Gasteiger partial charge in [-0.15, -0.1) is 0 Å². The Morgan fingerprint density at radius 1 is 1.33 bits per heavy atom. The van der Waals surface area contributed by atoms with E-state index in [-0.39, 0.29) is 5.78 Å². The van der Waals surface area contributed by atoms with E-state index in [4.69, 9.17) is 5.26 Å². The smallest absolute Gasteiger partial charge is 0.159 e. The standard InChI is InChI=1S/C8H7BrO.CHN/c1-6(10)7-2-4-8(9)5-3-7;1-2/h2-5H,1H3;1H. The Kier molecular flexibility index (Phi) is 4.98. The molecule has 0 fully saturated rings. The summed E-state index contributed by atoms with van der Waals surface area (Å²) in [6.45, 7) is 5.06. The second kappa shape index (κ2) is 5.50. The zero-order chi connectivity index (χ0) is 9.56. The van der Waals surface area contributed by atoms with Crippen LogP contribution < -0.4 is 0 Å². The van der Waals surface area contributed by atoms with Gasteiger partial charge < -0.3 is 0 Å².